The van der Waals surface area contributed by atoms with Crippen LogP contribution < -0.4 is 21.7 Å². The third-order valence-electron chi connectivity index (χ3n) is 3.83. The Bertz CT molecular complexity index is 521. The van der Waals surface area contributed by atoms with Crippen molar-refractivity contribution in [3.8, 4) is 0 Å². The highest BCUT2D eigenvalue weighted by Crippen LogP contribution is 2.32. The summed E-state index contributed by atoms with van der Waals surface area (Å²) in [4.78, 5) is 8.48. The first-order valence-corrected chi connectivity index (χ1v) is 7.73. The van der Waals surface area contributed by atoms with Gasteiger partial charge in [-0.1, -0.05) is 6.08 Å². The highest BCUT2D eigenvalue weighted by Gasteiger charge is 2.37. The maximum Gasteiger partial charge on any atom is 0.155 e. The van der Waals surface area contributed by atoms with Gasteiger partial charge in [0.05, 0.1) is 0 Å². The van der Waals surface area contributed by atoms with Gasteiger partial charge in [0, 0.05) is 23.7 Å². The van der Waals surface area contributed by atoms with Crippen LogP contribution in [0.15, 0.2) is 19.0 Å². The molecule has 2 heterocycles. The lowest BCUT2D eigenvalue weighted by Gasteiger charge is -2.46. The Kier molecular flexibility index (Phi) is 4.60. The highest BCUT2D eigenvalue weighted by molar-refractivity contribution is 5.74. The monoisotopic (exact) mass is 304 g/mol. The predicted octanol–water partition coefficient (Wildman–Crippen LogP) is 2.38. The SMILES string of the molecule is C=CCNc1ncnc(NC2CC(C)(C)NC(C)(C)C2)c1N. The second kappa shape index (κ2) is 6.12. The van der Waals surface area contributed by atoms with Gasteiger partial charge in [0.1, 0.15) is 12.0 Å². The van der Waals surface area contributed by atoms with Gasteiger partial charge in [0.15, 0.2) is 11.6 Å². The van der Waals surface area contributed by atoms with E-state index >= 15 is 0 Å². The van der Waals surface area contributed by atoms with Crippen molar-refractivity contribution in [1.82, 2.24) is 15.3 Å². The van der Waals surface area contributed by atoms with Gasteiger partial charge in [-0.15, -0.1) is 6.58 Å². The zero-order valence-electron chi connectivity index (χ0n) is 14.0. The second-order valence-electron chi connectivity index (χ2n) is 7.30. The number of aromatic nitrogens is 2. The Morgan fingerprint density at radius 1 is 1.27 bits per heavy atom. The van der Waals surface area contributed by atoms with E-state index in [-0.39, 0.29) is 11.1 Å². The van der Waals surface area contributed by atoms with E-state index in [1.165, 1.54) is 6.33 Å². The van der Waals surface area contributed by atoms with Gasteiger partial charge in [-0.05, 0) is 40.5 Å². The molecule has 0 aromatic carbocycles. The summed E-state index contributed by atoms with van der Waals surface area (Å²) in [5.74, 6) is 1.34. The zero-order chi connectivity index (χ0) is 16.4. The molecule has 5 N–H and O–H groups in total. The summed E-state index contributed by atoms with van der Waals surface area (Å²) in [5.41, 5.74) is 6.88. The fourth-order valence-corrected chi connectivity index (χ4v) is 3.44. The van der Waals surface area contributed by atoms with Gasteiger partial charge in [0.25, 0.3) is 0 Å². The Hall–Kier alpha value is -1.82. The lowest BCUT2D eigenvalue weighted by Crippen LogP contribution is -2.60. The molecule has 0 atom stereocenters. The van der Waals surface area contributed by atoms with E-state index < -0.39 is 0 Å². The Labute approximate surface area is 133 Å². The topological polar surface area (TPSA) is 87.9 Å². The van der Waals surface area contributed by atoms with Crippen molar-refractivity contribution < 1.29 is 0 Å². The molecule has 0 bridgehead atoms. The van der Waals surface area contributed by atoms with E-state index in [0.29, 0.717) is 29.9 Å². The molecule has 22 heavy (non-hydrogen) atoms. The molecule has 1 saturated heterocycles. The van der Waals surface area contributed by atoms with Gasteiger partial charge in [-0.2, -0.15) is 0 Å². The van der Waals surface area contributed by atoms with Crippen LogP contribution in [-0.2, 0) is 0 Å². The average Bonchev–Trinajstić information content (AvgIpc) is 2.36. The van der Waals surface area contributed by atoms with E-state index in [1.54, 1.807) is 6.08 Å². The summed E-state index contributed by atoms with van der Waals surface area (Å²) < 4.78 is 0. The van der Waals surface area contributed by atoms with Crippen molar-refractivity contribution >= 4 is 17.3 Å². The van der Waals surface area contributed by atoms with Crippen LogP contribution in [0.1, 0.15) is 40.5 Å². The lowest BCUT2D eigenvalue weighted by atomic mass is 9.79. The van der Waals surface area contributed by atoms with Gasteiger partial charge >= 0.3 is 0 Å². The summed E-state index contributed by atoms with van der Waals surface area (Å²) in [6.45, 7) is 13.2. The highest BCUT2D eigenvalue weighted by atomic mass is 15.1. The van der Waals surface area contributed by atoms with E-state index in [1.807, 2.05) is 0 Å². The molecule has 0 aliphatic carbocycles. The van der Waals surface area contributed by atoms with Crippen molar-refractivity contribution in [1.29, 1.82) is 0 Å². The Morgan fingerprint density at radius 3 is 2.45 bits per heavy atom. The number of nitrogens with zero attached hydrogens (tertiary/aromatic N) is 2. The minimum Gasteiger partial charge on any atom is -0.393 e. The molecule has 1 fully saturated rings. The van der Waals surface area contributed by atoms with Crippen LogP contribution in [-0.4, -0.2) is 33.6 Å². The lowest BCUT2D eigenvalue weighted by molar-refractivity contribution is 0.170. The van der Waals surface area contributed by atoms with E-state index in [4.69, 9.17) is 5.73 Å². The molecule has 1 aromatic heterocycles. The summed E-state index contributed by atoms with van der Waals surface area (Å²) in [5, 5.41) is 10.3. The van der Waals surface area contributed by atoms with Crippen molar-refractivity contribution in [2.45, 2.75) is 57.7 Å². The molecule has 122 valence electrons. The zero-order valence-corrected chi connectivity index (χ0v) is 14.0. The van der Waals surface area contributed by atoms with Crippen LogP contribution in [0, 0.1) is 0 Å². The maximum absolute atomic E-state index is 6.18. The summed E-state index contributed by atoms with van der Waals surface area (Å²) in [7, 11) is 0. The van der Waals surface area contributed by atoms with Crippen LogP contribution in [0.3, 0.4) is 0 Å². The first kappa shape index (κ1) is 16.5. The standard InChI is InChI=1S/C16H28N6/c1-6-7-18-13-12(17)14(20-10-19-13)21-11-8-15(2,3)22-16(4,5)9-11/h6,10-11,22H,1,7-9,17H2,2-5H3,(H2,18,19,20,21). The summed E-state index contributed by atoms with van der Waals surface area (Å²) in [6, 6.07) is 0.315. The third kappa shape index (κ3) is 4.10. The Morgan fingerprint density at radius 2 is 1.86 bits per heavy atom. The van der Waals surface area contributed by atoms with Crippen LogP contribution in [0.25, 0.3) is 0 Å². The largest absolute Gasteiger partial charge is 0.393 e. The molecular formula is C16H28N6. The number of nitrogens with two attached hydrogens (primary N) is 1. The average molecular weight is 304 g/mol. The first-order valence-electron chi connectivity index (χ1n) is 7.73. The fraction of sp³-hybridized carbons (Fsp3) is 0.625. The molecule has 6 nitrogen and oxygen atoms in total. The number of piperidine rings is 1. The molecule has 1 aliphatic heterocycles. The predicted molar refractivity (Wildman–Crippen MR) is 93.1 cm³/mol. The van der Waals surface area contributed by atoms with Crippen LogP contribution in [0.4, 0.5) is 17.3 Å². The third-order valence-corrected chi connectivity index (χ3v) is 3.83. The molecule has 0 amide bonds. The van der Waals surface area contributed by atoms with Gasteiger partial charge < -0.3 is 21.7 Å². The molecule has 6 heteroatoms. The van der Waals surface area contributed by atoms with Gasteiger partial charge in [-0.3, -0.25) is 0 Å². The van der Waals surface area contributed by atoms with Crippen molar-refractivity contribution in [3.63, 3.8) is 0 Å². The van der Waals surface area contributed by atoms with Crippen LogP contribution >= 0.6 is 0 Å². The van der Waals surface area contributed by atoms with E-state index in [9.17, 15) is 0 Å². The van der Waals surface area contributed by atoms with Crippen molar-refractivity contribution in [3.05, 3.63) is 19.0 Å². The molecule has 1 aromatic rings. The molecule has 0 unspecified atom stereocenters. The number of anilines is 3. The minimum atomic E-state index is 0.0745. The van der Waals surface area contributed by atoms with E-state index in [0.717, 1.165) is 12.8 Å². The summed E-state index contributed by atoms with van der Waals surface area (Å²) in [6.07, 6.45) is 5.32. The molecule has 2 rings (SSSR count). The number of nitrogens with one attached hydrogen (secondary N) is 3. The second-order valence-corrected chi connectivity index (χ2v) is 7.30. The van der Waals surface area contributed by atoms with Gasteiger partial charge in [0.2, 0.25) is 0 Å². The first-order chi connectivity index (χ1) is 10.2. The van der Waals surface area contributed by atoms with Crippen molar-refractivity contribution in [2.24, 2.45) is 0 Å². The molecule has 0 saturated carbocycles. The van der Waals surface area contributed by atoms with E-state index in [2.05, 4.69) is 60.2 Å². The summed E-state index contributed by atoms with van der Waals surface area (Å²) >= 11 is 0. The number of nitrogen functional groups attached to an aromatic ring is 1. The van der Waals surface area contributed by atoms with Crippen LogP contribution in [0.2, 0.25) is 0 Å². The van der Waals surface area contributed by atoms with Gasteiger partial charge in [-0.25, -0.2) is 9.97 Å². The number of hydrogen-bond donors (Lipinski definition) is 4. The van der Waals surface area contributed by atoms with Crippen LogP contribution in [0.5, 0.6) is 0 Å². The fourth-order valence-electron chi connectivity index (χ4n) is 3.44. The normalized spacial score (nSPS) is 20.4. The molecular weight excluding hydrogens is 276 g/mol. The maximum atomic E-state index is 6.18. The smallest absolute Gasteiger partial charge is 0.155 e. The molecule has 0 radical (unpaired) electrons. The Balaban J connectivity index is 2.14. The van der Waals surface area contributed by atoms with Crippen molar-refractivity contribution in [2.75, 3.05) is 22.9 Å². The molecule has 1 aliphatic rings. The quantitative estimate of drug-likeness (QED) is 0.625. The number of hydrogen-bond acceptors (Lipinski definition) is 6. The molecule has 0 spiro atoms. The minimum absolute atomic E-state index is 0.0745. The number of rotatable bonds is 5.